The van der Waals surface area contributed by atoms with Crippen LogP contribution in [0.1, 0.15) is 22.3 Å². The summed E-state index contributed by atoms with van der Waals surface area (Å²) in [7, 11) is 0. The van der Waals surface area contributed by atoms with Gasteiger partial charge in [0, 0.05) is 23.7 Å². The Labute approximate surface area is 113 Å². The number of aryl methyl sites for hydroxylation is 1. The fourth-order valence-electron chi connectivity index (χ4n) is 2.42. The Bertz CT molecular complexity index is 673. The van der Waals surface area contributed by atoms with Gasteiger partial charge < -0.3 is 0 Å². The van der Waals surface area contributed by atoms with Crippen molar-refractivity contribution in [2.24, 2.45) is 0 Å². The van der Waals surface area contributed by atoms with Gasteiger partial charge in [-0.3, -0.25) is 9.48 Å². The highest BCUT2D eigenvalue weighted by Gasteiger charge is 2.28. The monoisotopic (exact) mass is 280 g/mol. The van der Waals surface area contributed by atoms with Crippen LogP contribution in [-0.2, 0) is 13.0 Å². The molecule has 1 heterocycles. The van der Waals surface area contributed by atoms with Crippen LogP contribution in [0.4, 0.5) is 13.2 Å². The highest BCUT2D eigenvalue weighted by molar-refractivity contribution is 6.00. The van der Waals surface area contributed by atoms with Crippen molar-refractivity contribution in [3.8, 4) is 11.1 Å². The average Bonchev–Trinajstić information content (AvgIpc) is 2.95. The number of fused-ring (bicyclic) bond motifs is 1. The molecular formula is C14H11F3N2O. The number of benzene rings is 1. The molecule has 0 amide bonds. The van der Waals surface area contributed by atoms with Crippen LogP contribution < -0.4 is 0 Å². The minimum Gasteiger partial charge on any atom is -0.294 e. The molecule has 2 aromatic rings. The number of nitrogens with zero attached hydrogens (tertiary/aromatic N) is 2. The number of alkyl halides is 3. The third-order valence-corrected chi connectivity index (χ3v) is 3.33. The van der Waals surface area contributed by atoms with E-state index in [4.69, 9.17) is 0 Å². The Hall–Kier alpha value is -2.11. The van der Waals surface area contributed by atoms with Crippen molar-refractivity contribution in [2.75, 3.05) is 0 Å². The van der Waals surface area contributed by atoms with Crippen molar-refractivity contribution in [1.82, 2.24) is 9.78 Å². The molecule has 0 fully saturated rings. The number of Topliss-reactive ketones (excluding diaryl/α,β-unsaturated/α-hetero) is 1. The molecule has 104 valence electrons. The minimum absolute atomic E-state index is 0.124. The largest absolute Gasteiger partial charge is 0.408 e. The zero-order valence-corrected chi connectivity index (χ0v) is 10.4. The first-order chi connectivity index (χ1) is 9.42. The van der Waals surface area contributed by atoms with Gasteiger partial charge in [-0.15, -0.1) is 0 Å². The molecule has 0 aliphatic heterocycles. The maximum absolute atomic E-state index is 12.3. The van der Waals surface area contributed by atoms with Gasteiger partial charge in [-0.1, -0.05) is 18.2 Å². The molecule has 0 unspecified atom stereocenters. The molecule has 1 aliphatic carbocycles. The van der Waals surface area contributed by atoms with Crippen molar-refractivity contribution in [1.29, 1.82) is 0 Å². The highest BCUT2D eigenvalue weighted by Crippen LogP contribution is 2.28. The van der Waals surface area contributed by atoms with E-state index in [-0.39, 0.29) is 5.78 Å². The maximum atomic E-state index is 12.3. The van der Waals surface area contributed by atoms with Crippen LogP contribution in [0, 0.1) is 0 Å². The lowest BCUT2D eigenvalue weighted by Gasteiger charge is -2.05. The van der Waals surface area contributed by atoms with Gasteiger partial charge in [0.1, 0.15) is 6.54 Å². The number of carbonyl (C=O) groups excluding carboxylic acids is 1. The van der Waals surface area contributed by atoms with Crippen LogP contribution in [0.3, 0.4) is 0 Å². The third kappa shape index (κ3) is 2.45. The first kappa shape index (κ1) is 12.9. The SMILES string of the molecule is O=C1CCc2cc(-c3cnn(CC(F)(F)F)c3)ccc21. The lowest BCUT2D eigenvalue weighted by atomic mass is 10.0. The molecule has 0 saturated heterocycles. The summed E-state index contributed by atoms with van der Waals surface area (Å²) >= 11 is 0. The van der Waals surface area contributed by atoms with E-state index in [0.717, 1.165) is 21.4 Å². The second-order valence-corrected chi connectivity index (χ2v) is 4.84. The molecule has 1 aromatic carbocycles. The molecule has 0 radical (unpaired) electrons. The van der Waals surface area contributed by atoms with Crippen molar-refractivity contribution < 1.29 is 18.0 Å². The topological polar surface area (TPSA) is 34.9 Å². The van der Waals surface area contributed by atoms with Crippen molar-refractivity contribution >= 4 is 5.78 Å². The number of carbonyl (C=O) groups is 1. The van der Waals surface area contributed by atoms with Gasteiger partial charge in [0.15, 0.2) is 5.78 Å². The molecule has 6 heteroatoms. The smallest absolute Gasteiger partial charge is 0.294 e. The van der Waals surface area contributed by atoms with Crippen molar-refractivity contribution in [3.05, 3.63) is 41.7 Å². The molecular weight excluding hydrogens is 269 g/mol. The number of ketones is 1. The summed E-state index contributed by atoms with van der Waals surface area (Å²) in [6, 6.07) is 5.34. The third-order valence-electron chi connectivity index (χ3n) is 3.33. The van der Waals surface area contributed by atoms with Gasteiger partial charge in [-0.05, 0) is 17.5 Å². The molecule has 3 nitrogen and oxygen atoms in total. The normalized spacial score (nSPS) is 14.7. The number of halogens is 3. The highest BCUT2D eigenvalue weighted by atomic mass is 19.4. The quantitative estimate of drug-likeness (QED) is 0.846. The van der Waals surface area contributed by atoms with Crippen LogP contribution in [0.15, 0.2) is 30.6 Å². The first-order valence-electron chi connectivity index (χ1n) is 6.18. The predicted molar refractivity (Wildman–Crippen MR) is 66.4 cm³/mol. The molecule has 0 bridgehead atoms. The lowest BCUT2D eigenvalue weighted by Crippen LogP contribution is -2.17. The Morgan fingerprint density at radius 3 is 2.75 bits per heavy atom. The van der Waals surface area contributed by atoms with Crippen LogP contribution in [-0.4, -0.2) is 21.7 Å². The van der Waals surface area contributed by atoms with E-state index < -0.39 is 12.7 Å². The second-order valence-electron chi connectivity index (χ2n) is 4.84. The summed E-state index contributed by atoms with van der Waals surface area (Å²) in [5.74, 6) is 0.124. The number of rotatable bonds is 2. The minimum atomic E-state index is -4.28. The summed E-state index contributed by atoms with van der Waals surface area (Å²) in [6.45, 7) is -1.10. The van der Waals surface area contributed by atoms with E-state index in [0.29, 0.717) is 18.4 Å². The fourth-order valence-corrected chi connectivity index (χ4v) is 2.42. The number of hydrogen-bond acceptors (Lipinski definition) is 2. The Morgan fingerprint density at radius 2 is 2.00 bits per heavy atom. The average molecular weight is 280 g/mol. The van der Waals surface area contributed by atoms with Gasteiger partial charge >= 0.3 is 6.18 Å². The Kier molecular flexibility index (Phi) is 2.88. The van der Waals surface area contributed by atoms with Gasteiger partial charge in [0.25, 0.3) is 0 Å². The molecule has 20 heavy (non-hydrogen) atoms. The Morgan fingerprint density at radius 1 is 1.20 bits per heavy atom. The lowest BCUT2D eigenvalue weighted by molar-refractivity contribution is -0.142. The summed E-state index contributed by atoms with van der Waals surface area (Å²) in [4.78, 5) is 11.5. The number of hydrogen-bond donors (Lipinski definition) is 0. The maximum Gasteiger partial charge on any atom is 0.408 e. The molecule has 0 saturated carbocycles. The zero-order chi connectivity index (χ0) is 14.3. The molecule has 0 spiro atoms. The van der Waals surface area contributed by atoms with Crippen LogP contribution in [0.2, 0.25) is 0 Å². The zero-order valence-electron chi connectivity index (χ0n) is 10.4. The van der Waals surface area contributed by atoms with Gasteiger partial charge in [0.2, 0.25) is 0 Å². The molecule has 1 aliphatic rings. The van der Waals surface area contributed by atoms with Crippen molar-refractivity contribution in [3.63, 3.8) is 0 Å². The van der Waals surface area contributed by atoms with E-state index in [1.165, 1.54) is 12.4 Å². The summed E-state index contributed by atoms with van der Waals surface area (Å²) < 4.78 is 37.7. The first-order valence-corrected chi connectivity index (χ1v) is 6.18. The van der Waals surface area contributed by atoms with Crippen molar-refractivity contribution in [2.45, 2.75) is 25.6 Å². The van der Waals surface area contributed by atoms with E-state index in [1.807, 2.05) is 6.07 Å². The van der Waals surface area contributed by atoms with Crippen LogP contribution in [0.25, 0.3) is 11.1 Å². The van der Waals surface area contributed by atoms with E-state index in [9.17, 15) is 18.0 Å². The van der Waals surface area contributed by atoms with Gasteiger partial charge in [-0.2, -0.15) is 18.3 Å². The standard InChI is InChI=1S/C14H11F3N2O/c15-14(16,17)8-19-7-11(6-18-19)9-1-3-12-10(5-9)2-4-13(12)20/h1,3,5-7H,2,4,8H2. The molecule has 3 rings (SSSR count). The summed E-state index contributed by atoms with van der Waals surface area (Å²) in [5.41, 5.74) is 3.08. The fraction of sp³-hybridized carbons (Fsp3) is 0.286. The van der Waals surface area contributed by atoms with E-state index >= 15 is 0 Å². The predicted octanol–water partition coefficient (Wildman–Crippen LogP) is 3.24. The molecule has 0 N–H and O–H groups in total. The molecule has 0 atom stereocenters. The van der Waals surface area contributed by atoms with E-state index in [2.05, 4.69) is 5.10 Å². The van der Waals surface area contributed by atoms with E-state index in [1.54, 1.807) is 12.1 Å². The second kappa shape index (κ2) is 4.47. The summed E-state index contributed by atoms with van der Waals surface area (Å²) in [5, 5.41) is 3.72. The Balaban J connectivity index is 1.89. The molecule has 1 aromatic heterocycles. The van der Waals surface area contributed by atoms with Gasteiger partial charge in [-0.25, -0.2) is 0 Å². The van der Waals surface area contributed by atoms with Gasteiger partial charge in [0.05, 0.1) is 6.20 Å². The van der Waals surface area contributed by atoms with Crippen LogP contribution in [0.5, 0.6) is 0 Å². The number of aromatic nitrogens is 2. The summed E-state index contributed by atoms with van der Waals surface area (Å²) in [6.07, 6.45) is -0.311. The van der Waals surface area contributed by atoms with Crippen LogP contribution >= 0.6 is 0 Å².